The molecule has 11 heteroatoms. The Kier molecular flexibility index (Phi) is 7.48. The molecule has 1 saturated heterocycles. The molecule has 1 aromatic carbocycles. The Bertz CT molecular complexity index is 932. The van der Waals surface area contributed by atoms with Gasteiger partial charge in [-0.25, -0.2) is 4.98 Å². The molecule has 166 valence electrons. The zero-order chi connectivity index (χ0) is 22.4. The molecule has 1 fully saturated rings. The van der Waals surface area contributed by atoms with Crippen LogP contribution in [0.3, 0.4) is 0 Å². The Morgan fingerprint density at radius 2 is 1.90 bits per heavy atom. The molecule has 0 unspecified atom stereocenters. The van der Waals surface area contributed by atoms with Gasteiger partial charge in [-0.05, 0) is 12.1 Å². The lowest BCUT2D eigenvalue weighted by Crippen LogP contribution is -2.49. The van der Waals surface area contributed by atoms with Crippen molar-refractivity contribution >= 4 is 29.0 Å². The van der Waals surface area contributed by atoms with Crippen LogP contribution in [-0.2, 0) is 4.74 Å². The molecule has 2 heterocycles. The number of ether oxygens (including phenoxy) is 3. The van der Waals surface area contributed by atoms with E-state index in [2.05, 4.69) is 4.98 Å². The molecule has 1 amide bonds. The molecular weight excluding hydrogens is 428 g/mol. The third kappa shape index (κ3) is 5.33. The van der Waals surface area contributed by atoms with Crippen LogP contribution in [0.15, 0.2) is 30.5 Å². The number of piperazine rings is 1. The van der Waals surface area contributed by atoms with Crippen molar-refractivity contribution in [3.05, 3.63) is 51.2 Å². The highest BCUT2D eigenvalue weighted by molar-refractivity contribution is 6.30. The first kappa shape index (κ1) is 22.6. The van der Waals surface area contributed by atoms with Crippen LogP contribution in [0.5, 0.6) is 11.5 Å². The standard InChI is InChI=1S/C20H23ClN4O6/c1-29-9-10-31-18-12-16(25(27)28)15(11-17(18)30-2)20(26)24-7-5-23(6-8-24)19-4-3-14(21)13-22-19/h3-4,11-13H,5-10H2,1-2H3. The quantitative estimate of drug-likeness (QED) is 0.343. The van der Waals surface area contributed by atoms with Gasteiger partial charge >= 0.3 is 0 Å². The van der Waals surface area contributed by atoms with Gasteiger partial charge in [0.15, 0.2) is 11.5 Å². The summed E-state index contributed by atoms with van der Waals surface area (Å²) in [6, 6.07) is 6.15. The monoisotopic (exact) mass is 450 g/mol. The zero-order valence-electron chi connectivity index (χ0n) is 17.2. The number of carbonyl (C=O) groups excluding carboxylic acids is 1. The number of halogens is 1. The van der Waals surface area contributed by atoms with Crippen molar-refractivity contribution in [3.63, 3.8) is 0 Å². The van der Waals surface area contributed by atoms with E-state index < -0.39 is 10.8 Å². The molecule has 0 aliphatic carbocycles. The summed E-state index contributed by atoms with van der Waals surface area (Å²) in [5.41, 5.74) is -0.376. The van der Waals surface area contributed by atoms with Crippen LogP contribution in [0.2, 0.25) is 5.02 Å². The summed E-state index contributed by atoms with van der Waals surface area (Å²) < 4.78 is 15.7. The van der Waals surface area contributed by atoms with Crippen LogP contribution >= 0.6 is 11.6 Å². The fourth-order valence-electron chi connectivity index (χ4n) is 3.24. The van der Waals surface area contributed by atoms with Crippen LogP contribution in [0.25, 0.3) is 0 Å². The zero-order valence-corrected chi connectivity index (χ0v) is 18.0. The highest BCUT2D eigenvalue weighted by Crippen LogP contribution is 2.35. The smallest absolute Gasteiger partial charge is 0.286 e. The summed E-state index contributed by atoms with van der Waals surface area (Å²) in [4.78, 5) is 32.1. The number of anilines is 1. The second-order valence-electron chi connectivity index (χ2n) is 6.73. The Morgan fingerprint density at radius 3 is 2.48 bits per heavy atom. The number of pyridine rings is 1. The predicted octanol–water partition coefficient (Wildman–Crippen LogP) is 2.64. The van der Waals surface area contributed by atoms with Gasteiger partial charge in [-0.3, -0.25) is 14.9 Å². The summed E-state index contributed by atoms with van der Waals surface area (Å²) >= 11 is 5.88. The normalized spacial score (nSPS) is 13.8. The van der Waals surface area contributed by atoms with E-state index in [0.29, 0.717) is 37.8 Å². The molecule has 0 bridgehead atoms. The number of nitro groups is 1. The van der Waals surface area contributed by atoms with Crippen LogP contribution in [0, 0.1) is 10.1 Å². The van der Waals surface area contributed by atoms with Gasteiger partial charge in [0.05, 0.1) is 29.7 Å². The maximum absolute atomic E-state index is 13.1. The Labute approximate surface area is 184 Å². The number of rotatable bonds is 8. The van der Waals surface area contributed by atoms with Crippen LogP contribution in [0.4, 0.5) is 11.5 Å². The maximum atomic E-state index is 13.1. The number of carbonyl (C=O) groups is 1. The van der Waals surface area contributed by atoms with E-state index in [1.54, 1.807) is 17.2 Å². The number of amides is 1. The maximum Gasteiger partial charge on any atom is 0.286 e. The molecule has 31 heavy (non-hydrogen) atoms. The van der Waals surface area contributed by atoms with Crippen LogP contribution < -0.4 is 14.4 Å². The minimum Gasteiger partial charge on any atom is -0.493 e. The average Bonchev–Trinajstić information content (AvgIpc) is 2.79. The van der Waals surface area contributed by atoms with E-state index in [9.17, 15) is 14.9 Å². The van der Waals surface area contributed by atoms with E-state index in [4.69, 9.17) is 25.8 Å². The van der Waals surface area contributed by atoms with Gasteiger partial charge < -0.3 is 24.0 Å². The highest BCUT2D eigenvalue weighted by Gasteiger charge is 2.30. The van der Waals surface area contributed by atoms with Crippen molar-refractivity contribution < 1.29 is 23.9 Å². The lowest BCUT2D eigenvalue weighted by Gasteiger charge is -2.35. The van der Waals surface area contributed by atoms with E-state index in [1.165, 1.54) is 26.4 Å². The number of hydrogen-bond donors (Lipinski definition) is 0. The third-order valence-corrected chi connectivity index (χ3v) is 5.08. The lowest BCUT2D eigenvalue weighted by molar-refractivity contribution is -0.385. The average molecular weight is 451 g/mol. The van der Waals surface area contributed by atoms with E-state index in [-0.39, 0.29) is 29.4 Å². The van der Waals surface area contributed by atoms with Gasteiger partial charge in [0.25, 0.3) is 11.6 Å². The molecule has 0 N–H and O–H groups in total. The largest absolute Gasteiger partial charge is 0.493 e. The first-order valence-corrected chi connectivity index (χ1v) is 9.96. The fourth-order valence-corrected chi connectivity index (χ4v) is 3.35. The molecular formula is C20H23ClN4O6. The summed E-state index contributed by atoms with van der Waals surface area (Å²) in [7, 11) is 2.93. The molecule has 1 aliphatic heterocycles. The summed E-state index contributed by atoms with van der Waals surface area (Å²) in [5.74, 6) is 0.759. The van der Waals surface area contributed by atoms with Gasteiger partial charge in [-0.1, -0.05) is 11.6 Å². The predicted molar refractivity (Wildman–Crippen MR) is 114 cm³/mol. The minimum absolute atomic E-state index is 0.0426. The highest BCUT2D eigenvalue weighted by atomic mass is 35.5. The van der Waals surface area contributed by atoms with Crippen LogP contribution in [0.1, 0.15) is 10.4 Å². The van der Waals surface area contributed by atoms with Crippen molar-refractivity contribution in [2.45, 2.75) is 0 Å². The number of nitro benzene ring substituents is 1. The molecule has 10 nitrogen and oxygen atoms in total. The van der Waals surface area contributed by atoms with E-state index in [1.807, 2.05) is 11.0 Å². The van der Waals surface area contributed by atoms with Gasteiger partial charge in [0.1, 0.15) is 18.0 Å². The van der Waals surface area contributed by atoms with Gasteiger partial charge in [-0.15, -0.1) is 0 Å². The van der Waals surface area contributed by atoms with Crippen molar-refractivity contribution in [1.82, 2.24) is 9.88 Å². The number of methoxy groups -OCH3 is 2. The van der Waals surface area contributed by atoms with Crippen molar-refractivity contribution in [3.8, 4) is 11.5 Å². The van der Waals surface area contributed by atoms with Crippen molar-refractivity contribution in [2.24, 2.45) is 0 Å². The fraction of sp³-hybridized carbons (Fsp3) is 0.400. The molecule has 1 aliphatic rings. The first-order chi connectivity index (χ1) is 14.9. The number of benzene rings is 1. The van der Waals surface area contributed by atoms with Gasteiger partial charge in [0.2, 0.25) is 0 Å². The van der Waals surface area contributed by atoms with Crippen molar-refractivity contribution in [2.75, 3.05) is 58.5 Å². The Morgan fingerprint density at radius 1 is 1.16 bits per heavy atom. The molecule has 0 atom stereocenters. The summed E-state index contributed by atoms with van der Waals surface area (Å²) in [6.07, 6.45) is 1.57. The molecule has 0 radical (unpaired) electrons. The molecule has 2 aromatic rings. The van der Waals surface area contributed by atoms with Gasteiger partial charge in [-0.2, -0.15) is 0 Å². The third-order valence-electron chi connectivity index (χ3n) is 4.86. The minimum atomic E-state index is -0.594. The second kappa shape index (κ2) is 10.3. The summed E-state index contributed by atoms with van der Waals surface area (Å²) in [5, 5.41) is 12.2. The summed E-state index contributed by atoms with van der Waals surface area (Å²) in [6.45, 7) is 2.39. The Hall–Kier alpha value is -3.11. The Balaban J connectivity index is 1.77. The lowest BCUT2D eigenvalue weighted by atomic mass is 10.1. The van der Waals surface area contributed by atoms with E-state index in [0.717, 1.165) is 5.82 Å². The number of aromatic nitrogens is 1. The van der Waals surface area contributed by atoms with Crippen LogP contribution in [-0.4, -0.2) is 74.3 Å². The first-order valence-electron chi connectivity index (χ1n) is 9.58. The molecule has 1 aromatic heterocycles. The van der Waals surface area contributed by atoms with Gasteiger partial charge in [0, 0.05) is 45.6 Å². The molecule has 0 saturated carbocycles. The molecule has 3 rings (SSSR count). The topological polar surface area (TPSA) is 107 Å². The SMILES string of the molecule is COCCOc1cc([N+](=O)[O-])c(C(=O)N2CCN(c3ccc(Cl)cn3)CC2)cc1OC. The van der Waals surface area contributed by atoms with Crippen molar-refractivity contribution in [1.29, 1.82) is 0 Å². The number of hydrogen-bond acceptors (Lipinski definition) is 8. The van der Waals surface area contributed by atoms with E-state index >= 15 is 0 Å². The second-order valence-corrected chi connectivity index (χ2v) is 7.17. The molecule has 0 spiro atoms. The number of nitrogens with zero attached hydrogens (tertiary/aromatic N) is 4.